The number of rotatable bonds is 5. The third-order valence-electron chi connectivity index (χ3n) is 6.99. The van der Waals surface area contributed by atoms with Gasteiger partial charge in [0.05, 0.1) is 35.3 Å². The van der Waals surface area contributed by atoms with Crippen LogP contribution in [-0.2, 0) is 13.0 Å². The van der Waals surface area contributed by atoms with Crippen LogP contribution >= 0.6 is 11.6 Å². The molecule has 1 saturated carbocycles. The number of nitrogens with zero attached hydrogens (tertiary/aromatic N) is 6. The van der Waals surface area contributed by atoms with Crippen LogP contribution < -0.4 is 5.32 Å². The third kappa shape index (κ3) is 3.41. The largest absolute Gasteiger partial charge is 0.345 e. The Morgan fingerprint density at radius 2 is 2.00 bits per heavy atom. The summed E-state index contributed by atoms with van der Waals surface area (Å²) in [6, 6.07) is 5.76. The summed E-state index contributed by atoms with van der Waals surface area (Å²) in [4.78, 5) is 26.5. The van der Waals surface area contributed by atoms with Crippen molar-refractivity contribution in [3.05, 3.63) is 88.6 Å². The highest BCUT2D eigenvalue weighted by Crippen LogP contribution is 2.40. The first-order valence-corrected chi connectivity index (χ1v) is 12.1. The summed E-state index contributed by atoms with van der Waals surface area (Å²) < 4.78 is 20.2. The zero-order valence-corrected chi connectivity index (χ0v) is 19.4. The van der Waals surface area contributed by atoms with Crippen molar-refractivity contribution in [1.29, 1.82) is 0 Å². The zero-order chi connectivity index (χ0) is 23.7. The number of nitrogens with one attached hydrogen (secondary N) is 1. The number of imidazole rings is 3. The standard InChI is InChI=1S/C25H21ClFN7O/c26-16-7-8-32-13-29-17(24(32)23(16)27)9-28-25(35)19-12-34-20(4-6-22(34)31-19)18-11-33-10-15(14-1-2-14)3-5-21(33)30-18/h3,5,7-8,10-14,20H,1-2,4,6,9H2,(H,28,35). The molecule has 1 aliphatic carbocycles. The average Bonchev–Trinajstić information content (AvgIpc) is 3.18. The van der Waals surface area contributed by atoms with Gasteiger partial charge in [0.15, 0.2) is 5.82 Å². The van der Waals surface area contributed by atoms with Gasteiger partial charge in [-0.2, -0.15) is 0 Å². The third-order valence-corrected chi connectivity index (χ3v) is 7.28. The van der Waals surface area contributed by atoms with E-state index in [0.29, 0.717) is 17.3 Å². The van der Waals surface area contributed by atoms with Gasteiger partial charge in [-0.25, -0.2) is 19.3 Å². The quantitative estimate of drug-likeness (QED) is 0.399. The highest BCUT2D eigenvalue weighted by molar-refractivity contribution is 6.31. The Morgan fingerprint density at radius 1 is 1.11 bits per heavy atom. The molecule has 1 atom stereocenters. The molecule has 10 heteroatoms. The molecule has 176 valence electrons. The molecule has 8 nitrogen and oxygen atoms in total. The Labute approximate surface area is 204 Å². The number of carbonyl (C=O) groups is 1. The lowest BCUT2D eigenvalue weighted by molar-refractivity contribution is 0.0945. The van der Waals surface area contributed by atoms with Crippen LogP contribution in [0.25, 0.3) is 11.2 Å². The molecule has 0 saturated heterocycles. The Balaban J connectivity index is 1.11. The summed E-state index contributed by atoms with van der Waals surface area (Å²) >= 11 is 5.91. The first-order chi connectivity index (χ1) is 17.0. The van der Waals surface area contributed by atoms with Crippen molar-refractivity contribution in [3.63, 3.8) is 0 Å². The molecular weight excluding hydrogens is 469 g/mol. The van der Waals surface area contributed by atoms with E-state index in [1.54, 1.807) is 16.8 Å². The number of aryl methyl sites for hydroxylation is 1. The van der Waals surface area contributed by atoms with Gasteiger partial charge in [0.2, 0.25) is 0 Å². The van der Waals surface area contributed by atoms with Gasteiger partial charge in [0, 0.05) is 31.2 Å². The average molecular weight is 490 g/mol. The van der Waals surface area contributed by atoms with Crippen LogP contribution in [0.15, 0.2) is 49.3 Å². The van der Waals surface area contributed by atoms with Crippen molar-refractivity contribution in [2.24, 2.45) is 0 Å². The number of hydrogen-bond acceptors (Lipinski definition) is 4. The second kappa shape index (κ2) is 7.64. The summed E-state index contributed by atoms with van der Waals surface area (Å²) in [7, 11) is 0. The Bertz CT molecular complexity index is 1630. The summed E-state index contributed by atoms with van der Waals surface area (Å²) in [6.45, 7) is 0.0635. The van der Waals surface area contributed by atoms with Gasteiger partial charge in [-0.05, 0) is 42.9 Å². The van der Waals surface area contributed by atoms with E-state index in [1.165, 1.54) is 30.8 Å². The van der Waals surface area contributed by atoms with Crippen molar-refractivity contribution in [2.75, 3.05) is 0 Å². The van der Waals surface area contributed by atoms with Crippen LogP contribution in [0.2, 0.25) is 5.02 Å². The molecule has 1 unspecified atom stereocenters. The van der Waals surface area contributed by atoms with Gasteiger partial charge in [0.25, 0.3) is 5.91 Å². The maximum Gasteiger partial charge on any atom is 0.271 e. The van der Waals surface area contributed by atoms with E-state index in [4.69, 9.17) is 16.6 Å². The van der Waals surface area contributed by atoms with Crippen molar-refractivity contribution in [3.8, 4) is 0 Å². The molecule has 2 aliphatic rings. The fourth-order valence-electron chi connectivity index (χ4n) is 5.01. The van der Waals surface area contributed by atoms with E-state index >= 15 is 0 Å². The maximum absolute atomic E-state index is 14.5. The van der Waals surface area contributed by atoms with Gasteiger partial charge < -0.3 is 18.7 Å². The van der Waals surface area contributed by atoms with Crippen LogP contribution in [0.3, 0.4) is 0 Å². The molecule has 5 aromatic rings. The first-order valence-electron chi connectivity index (χ1n) is 11.7. The lowest BCUT2D eigenvalue weighted by atomic mass is 10.1. The molecule has 1 amide bonds. The highest BCUT2D eigenvalue weighted by atomic mass is 35.5. The predicted molar refractivity (Wildman–Crippen MR) is 127 cm³/mol. The fraction of sp³-hybridized carbons (Fsp3) is 0.280. The number of fused-ring (bicyclic) bond motifs is 3. The van der Waals surface area contributed by atoms with E-state index in [2.05, 4.69) is 44.2 Å². The minimum Gasteiger partial charge on any atom is -0.345 e. The van der Waals surface area contributed by atoms with Crippen LogP contribution in [-0.4, -0.2) is 34.2 Å². The second-order valence-corrected chi connectivity index (χ2v) is 9.69. The van der Waals surface area contributed by atoms with Gasteiger partial charge in [-0.3, -0.25) is 4.79 Å². The van der Waals surface area contributed by atoms with Gasteiger partial charge in [0.1, 0.15) is 22.7 Å². The molecule has 1 fully saturated rings. The molecule has 35 heavy (non-hydrogen) atoms. The topological polar surface area (TPSA) is 81.5 Å². The summed E-state index contributed by atoms with van der Waals surface area (Å²) in [5.41, 5.74) is 4.24. The number of amides is 1. The van der Waals surface area contributed by atoms with Crippen LogP contribution in [0.5, 0.6) is 0 Å². The predicted octanol–water partition coefficient (Wildman–Crippen LogP) is 4.31. The summed E-state index contributed by atoms with van der Waals surface area (Å²) in [5.74, 6) is 0.655. The molecule has 0 bridgehead atoms. The van der Waals surface area contributed by atoms with Crippen LogP contribution in [0.1, 0.15) is 64.5 Å². The number of carbonyl (C=O) groups excluding carboxylic acids is 1. The lowest BCUT2D eigenvalue weighted by Crippen LogP contribution is -2.23. The molecule has 5 aromatic heterocycles. The second-order valence-electron chi connectivity index (χ2n) is 9.28. The SMILES string of the molecule is O=C(NCc1ncn2ccc(Cl)c(F)c12)c1cn2c(n1)CCC2c1cn2cc(C3CC3)ccc2n1. The van der Waals surface area contributed by atoms with Crippen molar-refractivity contribution in [1.82, 2.24) is 33.6 Å². The Kier molecular flexibility index (Phi) is 4.51. The zero-order valence-electron chi connectivity index (χ0n) is 18.7. The molecule has 1 N–H and O–H groups in total. The summed E-state index contributed by atoms with van der Waals surface area (Å²) in [6.07, 6.45) is 13.4. The smallest absolute Gasteiger partial charge is 0.271 e. The number of pyridine rings is 2. The van der Waals surface area contributed by atoms with E-state index < -0.39 is 5.82 Å². The molecule has 1 aliphatic heterocycles. The molecule has 0 radical (unpaired) electrons. The normalized spacial score (nSPS) is 17.4. The highest BCUT2D eigenvalue weighted by Gasteiger charge is 2.29. The summed E-state index contributed by atoms with van der Waals surface area (Å²) in [5, 5.41) is 2.82. The Morgan fingerprint density at radius 3 is 2.86 bits per heavy atom. The molecular formula is C25H21ClFN7O. The van der Waals surface area contributed by atoms with E-state index in [0.717, 1.165) is 30.0 Å². The lowest BCUT2D eigenvalue weighted by Gasteiger charge is -2.09. The van der Waals surface area contributed by atoms with E-state index in [-0.39, 0.29) is 29.0 Å². The number of aromatic nitrogens is 6. The van der Waals surface area contributed by atoms with Crippen molar-refractivity contribution >= 4 is 28.7 Å². The number of hydrogen-bond donors (Lipinski definition) is 1. The van der Waals surface area contributed by atoms with Crippen LogP contribution in [0, 0.1) is 5.82 Å². The minimum atomic E-state index is -0.559. The first kappa shape index (κ1) is 20.6. The molecule has 6 heterocycles. The molecule has 0 aromatic carbocycles. The van der Waals surface area contributed by atoms with Crippen LogP contribution in [0.4, 0.5) is 4.39 Å². The monoisotopic (exact) mass is 489 g/mol. The van der Waals surface area contributed by atoms with Crippen molar-refractivity contribution in [2.45, 2.75) is 44.2 Å². The van der Waals surface area contributed by atoms with E-state index in [9.17, 15) is 9.18 Å². The van der Waals surface area contributed by atoms with Gasteiger partial charge in [-0.15, -0.1) is 0 Å². The van der Waals surface area contributed by atoms with Crippen molar-refractivity contribution < 1.29 is 9.18 Å². The Hall–Kier alpha value is -3.72. The molecule has 7 rings (SSSR count). The molecule has 0 spiro atoms. The minimum absolute atomic E-state index is 0.0119. The van der Waals surface area contributed by atoms with E-state index in [1.807, 2.05) is 4.57 Å². The fourth-order valence-corrected chi connectivity index (χ4v) is 5.15. The van der Waals surface area contributed by atoms with Gasteiger partial charge in [-0.1, -0.05) is 17.7 Å². The number of halogens is 2. The maximum atomic E-state index is 14.5. The van der Waals surface area contributed by atoms with Gasteiger partial charge >= 0.3 is 0 Å².